The number of carbonyl (C=O) groups is 1. The van der Waals surface area contributed by atoms with Gasteiger partial charge in [-0.1, -0.05) is 35.9 Å². The van der Waals surface area contributed by atoms with Gasteiger partial charge in [0.05, 0.1) is 5.75 Å². The maximum atomic E-state index is 12.0. The first-order valence-electron chi connectivity index (χ1n) is 5.71. The largest absolute Gasteiger partial charge is 0.314 e. The molecule has 0 radical (unpaired) electrons. The standard InChI is InChI=1S/C13H18N2O3S/c1-4-8-19(17,18)15-12(16)13(3,14)11-7-5-6-10(2)9-11/h4-7,9H,1,8,14H2,2-3H3,(H,15,16). The Balaban J connectivity index is 3.01. The third-order valence-corrected chi connectivity index (χ3v) is 3.85. The molecule has 0 aliphatic rings. The minimum absolute atomic E-state index is 0.331. The highest BCUT2D eigenvalue weighted by atomic mass is 32.2. The predicted octanol–water partition coefficient (Wildman–Crippen LogP) is 0.801. The summed E-state index contributed by atoms with van der Waals surface area (Å²) >= 11 is 0. The van der Waals surface area contributed by atoms with E-state index >= 15 is 0 Å². The summed E-state index contributed by atoms with van der Waals surface area (Å²) < 4.78 is 25.0. The molecule has 19 heavy (non-hydrogen) atoms. The molecule has 0 saturated carbocycles. The summed E-state index contributed by atoms with van der Waals surface area (Å²) in [7, 11) is -3.73. The monoisotopic (exact) mass is 282 g/mol. The van der Waals surface area contributed by atoms with Gasteiger partial charge in [0, 0.05) is 0 Å². The zero-order chi connectivity index (χ0) is 14.7. The third-order valence-electron chi connectivity index (χ3n) is 2.67. The van der Waals surface area contributed by atoms with Crippen LogP contribution in [0, 0.1) is 6.92 Å². The van der Waals surface area contributed by atoms with Gasteiger partial charge in [0.15, 0.2) is 0 Å². The van der Waals surface area contributed by atoms with E-state index in [1.54, 1.807) is 18.2 Å². The normalized spacial score (nSPS) is 14.5. The number of carbonyl (C=O) groups excluding carboxylic acids is 1. The van der Waals surface area contributed by atoms with E-state index in [0.717, 1.165) is 5.56 Å². The molecule has 1 aromatic rings. The summed E-state index contributed by atoms with van der Waals surface area (Å²) in [5.41, 5.74) is 6.03. The molecule has 1 unspecified atom stereocenters. The molecular formula is C13H18N2O3S. The SMILES string of the molecule is C=CCS(=O)(=O)NC(=O)C(C)(N)c1cccc(C)c1. The van der Waals surface area contributed by atoms with Crippen molar-refractivity contribution in [2.75, 3.05) is 5.75 Å². The second-order valence-corrected chi connectivity index (χ2v) is 6.34. The number of amides is 1. The number of hydrogen-bond acceptors (Lipinski definition) is 4. The van der Waals surface area contributed by atoms with E-state index in [9.17, 15) is 13.2 Å². The van der Waals surface area contributed by atoms with Crippen LogP contribution in [0.1, 0.15) is 18.1 Å². The van der Waals surface area contributed by atoms with Gasteiger partial charge in [-0.05, 0) is 19.4 Å². The quantitative estimate of drug-likeness (QED) is 0.782. The molecular weight excluding hydrogens is 264 g/mol. The van der Waals surface area contributed by atoms with Crippen LogP contribution < -0.4 is 10.5 Å². The van der Waals surface area contributed by atoms with Gasteiger partial charge in [0.2, 0.25) is 10.0 Å². The molecule has 0 fully saturated rings. The van der Waals surface area contributed by atoms with Crippen molar-refractivity contribution in [3.05, 3.63) is 48.0 Å². The van der Waals surface area contributed by atoms with Gasteiger partial charge in [0.1, 0.15) is 5.54 Å². The first-order chi connectivity index (χ1) is 8.69. The van der Waals surface area contributed by atoms with Gasteiger partial charge < -0.3 is 5.73 Å². The van der Waals surface area contributed by atoms with Crippen LogP contribution in [0.15, 0.2) is 36.9 Å². The molecule has 0 heterocycles. The molecule has 6 heteroatoms. The molecule has 1 aromatic carbocycles. The Kier molecular flexibility index (Phi) is 4.49. The second kappa shape index (κ2) is 5.54. The molecule has 3 N–H and O–H groups in total. The van der Waals surface area contributed by atoms with Crippen molar-refractivity contribution >= 4 is 15.9 Å². The van der Waals surface area contributed by atoms with Crippen LogP contribution in [0.25, 0.3) is 0 Å². The van der Waals surface area contributed by atoms with Crippen molar-refractivity contribution in [3.8, 4) is 0 Å². The molecule has 0 spiro atoms. The van der Waals surface area contributed by atoms with E-state index < -0.39 is 21.5 Å². The van der Waals surface area contributed by atoms with Crippen molar-refractivity contribution in [3.63, 3.8) is 0 Å². The Hall–Kier alpha value is -1.66. The predicted molar refractivity (Wildman–Crippen MR) is 74.8 cm³/mol. The van der Waals surface area contributed by atoms with E-state index in [1.807, 2.05) is 17.7 Å². The van der Waals surface area contributed by atoms with Crippen molar-refractivity contribution in [1.29, 1.82) is 0 Å². The molecule has 0 aromatic heterocycles. The Bertz CT molecular complexity index is 592. The van der Waals surface area contributed by atoms with Crippen LogP contribution in [0.3, 0.4) is 0 Å². The van der Waals surface area contributed by atoms with E-state index in [0.29, 0.717) is 5.56 Å². The summed E-state index contributed by atoms with van der Waals surface area (Å²) in [5.74, 6) is -1.09. The number of sulfonamides is 1. The van der Waals surface area contributed by atoms with Gasteiger partial charge in [-0.3, -0.25) is 9.52 Å². The van der Waals surface area contributed by atoms with Crippen molar-refractivity contribution in [2.45, 2.75) is 19.4 Å². The summed E-state index contributed by atoms with van der Waals surface area (Å²) in [5, 5.41) is 0. The van der Waals surface area contributed by atoms with Crippen molar-refractivity contribution in [2.24, 2.45) is 5.73 Å². The number of benzene rings is 1. The van der Waals surface area contributed by atoms with Gasteiger partial charge in [-0.25, -0.2) is 8.42 Å². The Morgan fingerprint density at radius 2 is 2.16 bits per heavy atom. The number of nitrogens with one attached hydrogen (secondary N) is 1. The average molecular weight is 282 g/mol. The van der Waals surface area contributed by atoms with E-state index in [2.05, 4.69) is 6.58 Å². The zero-order valence-corrected chi connectivity index (χ0v) is 11.8. The van der Waals surface area contributed by atoms with Crippen LogP contribution in [0.4, 0.5) is 0 Å². The lowest BCUT2D eigenvalue weighted by Crippen LogP contribution is -2.51. The van der Waals surface area contributed by atoms with Gasteiger partial charge in [0.25, 0.3) is 5.91 Å². The van der Waals surface area contributed by atoms with Crippen molar-refractivity contribution in [1.82, 2.24) is 4.72 Å². The smallest absolute Gasteiger partial charge is 0.257 e. The summed E-state index contributed by atoms with van der Waals surface area (Å²) in [6, 6.07) is 7.07. The average Bonchev–Trinajstić information content (AvgIpc) is 2.28. The highest BCUT2D eigenvalue weighted by Gasteiger charge is 2.33. The van der Waals surface area contributed by atoms with Crippen molar-refractivity contribution < 1.29 is 13.2 Å². The third kappa shape index (κ3) is 3.90. The second-order valence-electron chi connectivity index (χ2n) is 4.57. The Morgan fingerprint density at radius 1 is 1.53 bits per heavy atom. The molecule has 1 atom stereocenters. The van der Waals surface area contributed by atoms with Crippen LogP contribution in [0.2, 0.25) is 0 Å². The minimum atomic E-state index is -3.73. The maximum absolute atomic E-state index is 12.0. The van der Waals surface area contributed by atoms with Gasteiger partial charge in [-0.15, -0.1) is 6.58 Å². The van der Waals surface area contributed by atoms with Crippen LogP contribution in [-0.2, 0) is 20.4 Å². The summed E-state index contributed by atoms with van der Waals surface area (Å²) in [4.78, 5) is 12.0. The molecule has 1 rings (SSSR count). The molecule has 104 valence electrons. The fourth-order valence-electron chi connectivity index (χ4n) is 1.54. The van der Waals surface area contributed by atoms with E-state index in [4.69, 9.17) is 5.73 Å². The highest BCUT2D eigenvalue weighted by Crippen LogP contribution is 2.19. The van der Waals surface area contributed by atoms with E-state index in [-0.39, 0.29) is 5.75 Å². The molecule has 0 saturated heterocycles. The molecule has 0 aliphatic carbocycles. The van der Waals surface area contributed by atoms with Crippen LogP contribution in [0.5, 0.6) is 0 Å². The van der Waals surface area contributed by atoms with Crippen LogP contribution in [-0.4, -0.2) is 20.1 Å². The maximum Gasteiger partial charge on any atom is 0.257 e. The van der Waals surface area contributed by atoms with Gasteiger partial charge >= 0.3 is 0 Å². The zero-order valence-electron chi connectivity index (χ0n) is 11.0. The lowest BCUT2D eigenvalue weighted by atomic mass is 9.91. The minimum Gasteiger partial charge on any atom is -0.314 e. The number of nitrogens with two attached hydrogens (primary N) is 1. The Morgan fingerprint density at radius 3 is 2.68 bits per heavy atom. The van der Waals surface area contributed by atoms with E-state index in [1.165, 1.54) is 13.0 Å². The molecule has 1 amide bonds. The first kappa shape index (κ1) is 15.4. The number of aryl methyl sites for hydroxylation is 1. The number of rotatable bonds is 5. The topological polar surface area (TPSA) is 89.3 Å². The fourth-order valence-corrected chi connectivity index (χ4v) is 2.43. The fraction of sp³-hybridized carbons (Fsp3) is 0.308. The first-order valence-corrected chi connectivity index (χ1v) is 7.36. The lowest BCUT2D eigenvalue weighted by Gasteiger charge is -2.24. The number of hydrogen-bond donors (Lipinski definition) is 2. The molecule has 0 bridgehead atoms. The molecule has 0 aliphatic heterocycles. The summed E-state index contributed by atoms with van der Waals surface area (Å²) in [6.07, 6.45) is 1.20. The molecule has 5 nitrogen and oxygen atoms in total. The summed E-state index contributed by atoms with van der Waals surface area (Å²) in [6.45, 7) is 6.66. The Labute approximate surface area is 113 Å². The lowest BCUT2D eigenvalue weighted by molar-refractivity contribution is -0.124. The highest BCUT2D eigenvalue weighted by molar-refractivity contribution is 7.90. The van der Waals surface area contributed by atoms with Gasteiger partial charge in [-0.2, -0.15) is 0 Å². The van der Waals surface area contributed by atoms with Crippen LogP contribution >= 0.6 is 0 Å².